The molecule has 4 rings (SSSR count). The normalized spacial score (nSPS) is 14.8. The number of carbonyl (C=O) groups excluding carboxylic acids is 2. The first kappa shape index (κ1) is 20.8. The molecule has 156 valence electrons. The number of carbonyl (C=O) groups is 2. The van der Waals surface area contributed by atoms with Gasteiger partial charge in [-0.15, -0.1) is 11.3 Å². The molecule has 0 aliphatic carbocycles. The number of amides is 2. The number of thiazole rings is 1. The summed E-state index contributed by atoms with van der Waals surface area (Å²) in [5.41, 5.74) is 3.60. The molecule has 5 nitrogen and oxygen atoms in total. The maximum Gasteiger partial charge on any atom is 0.251 e. The largest absolute Gasteiger partial charge is 0.343 e. The number of aromatic nitrogens is 1. The number of rotatable bonds is 4. The van der Waals surface area contributed by atoms with Crippen LogP contribution in [0.3, 0.4) is 0 Å². The van der Waals surface area contributed by atoms with E-state index in [1.54, 1.807) is 11.3 Å². The third-order valence-corrected chi connectivity index (χ3v) is 6.88. The van der Waals surface area contributed by atoms with Crippen LogP contribution in [0.25, 0.3) is 10.2 Å². The van der Waals surface area contributed by atoms with Crippen molar-refractivity contribution in [2.45, 2.75) is 32.6 Å². The van der Waals surface area contributed by atoms with Crippen molar-refractivity contribution < 1.29 is 9.59 Å². The number of likely N-dealkylation sites (tertiary alicyclic amines) is 1. The first-order valence-electron chi connectivity index (χ1n) is 10.1. The van der Waals surface area contributed by atoms with Crippen LogP contribution < -0.4 is 5.32 Å². The second-order valence-corrected chi connectivity index (χ2v) is 9.38. The van der Waals surface area contributed by atoms with Crippen LogP contribution in [0.2, 0.25) is 5.02 Å². The second kappa shape index (κ2) is 8.74. The lowest BCUT2D eigenvalue weighted by Crippen LogP contribution is -2.43. The van der Waals surface area contributed by atoms with Crippen LogP contribution in [0.5, 0.6) is 0 Å². The summed E-state index contributed by atoms with van der Waals surface area (Å²) < 4.78 is 1.14. The number of fused-ring (bicyclic) bond motifs is 1. The number of hydrogen-bond acceptors (Lipinski definition) is 4. The average molecular weight is 442 g/mol. The van der Waals surface area contributed by atoms with Crippen molar-refractivity contribution in [3.63, 3.8) is 0 Å². The Balaban J connectivity index is 1.31. The van der Waals surface area contributed by atoms with Crippen molar-refractivity contribution in [1.82, 2.24) is 15.2 Å². The van der Waals surface area contributed by atoms with Gasteiger partial charge in [-0.2, -0.15) is 0 Å². The fraction of sp³-hybridized carbons (Fsp3) is 0.348. The highest BCUT2D eigenvalue weighted by Gasteiger charge is 2.26. The van der Waals surface area contributed by atoms with E-state index in [9.17, 15) is 9.59 Å². The quantitative estimate of drug-likeness (QED) is 0.638. The highest BCUT2D eigenvalue weighted by molar-refractivity contribution is 7.18. The maximum atomic E-state index is 12.6. The van der Waals surface area contributed by atoms with Crippen molar-refractivity contribution in [3.8, 4) is 0 Å². The molecule has 0 atom stereocenters. The summed E-state index contributed by atoms with van der Waals surface area (Å²) in [6.45, 7) is 5.30. The van der Waals surface area contributed by atoms with E-state index in [4.69, 9.17) is 16.6 Å². The Kier molecular flexibility index (Phi) is 6.06. The molecule has 7 heteroatoms. The lowest BCUT2D eigenvalue weighted by molar-refractivity contribution is -0.131. The number of nitrogens with zero attached hydrogens (tertiary/aromatic N) is 2. The number of halogens is 1. The molecule has 1 aromatic heterocycles. The van der Waals surface area contributed by atoms with E-state index < -0.39 is 0 Å². The summed E-state index contributed by atoms with van der Waals surface area (Å²) >= 11 is 7.77. The van der Waals surface area contributed by atoms with Crippen LogP contribution in [-0.4, -0.2) is 41.3 Å². The van der Waals surface area contributed by atoms with Crippen molar-refractivity contribution in [2.75, 3.05) is 19.6 Å². The van der Waals surface area contributed by atoms with Crippen LogP contribution in [0.1, 0.15) is 45.3 Å². The van der Waals surface area contributed by atoms with Gasteiger partial charge in [-0.05, 0) is 57.0 Å². The van der Waals surface area contributed by atoms with Gasteiger partial charge in [-0.25, -0.2) is 4.98 Å². The smallest absolute Gasteiger partial charge is 0.251 e. The van der Waals surface area contributed by atoms with Gasteiger partial charge in [0.2, 0.25) is 5.91 Å². The van der Waals surface area contributed by atoms with Gasteiger partial charge in [0.15, 0.2) is 0 Å². The molecular weight excluding hydrogens is 418 g/mol. The van der Waals surface area contributed by atoms with Crippen molar-refractivity contribution in [1.29, 1.82) is 0 Å². The summed E-state index contributed by atoms with van der Waals surface area (Å²) in [6, 6.07) is 11.5. The predicted molar refractivity (Wildman–Crippen MR) is 121 cm³/mol. The van der Waals surface area contributed by atoms with E-state index >= 15 is 0 Å². The standard InChI is InChI=1S/C23H24ClN3O2S/c1-14-9-15(2)11-17(10-14)22(29)25-13-21(28)27-7-5-16(6-8-27)23-26-19-12-18(24)3-4-20(19)30-23/h3-4,9-12,16H,5-8,13H2,1-2H3,(H,25,29). The molecule has 2 amide bonds. The van der Waals surface area contributed by atoms with E-state index in [1.165, 1.54) is 0 Å². The third kappa shape index (κ3) is 4.65. The SMILES string of the molecule is Cc1cc(C)cc(C(=O)NCC(=O)N2CCC(c3nc4cc(Cl)ccc4s3)CC2)c1. The lowest BCUT2D eigenvalue weighted by Gasteiger charge is -2.31. The molecule has 1 saturated heterocycles. The minimum absolute atomic E-state index is 0.0239. The predicted octanol–water partition coefficient (Wildman–Crippen LogP) is 4.70. The zero-order valence-corrected chi connectivity index (χ0v) is 18.6. The molecule has 0 bridgehead atoms. The van der Waals surface area contributed by atoms with Crippen molar-refractivity contribution >= 4 is 45.0 Å². The lowest BCUT2D eigenvalue weighted by atomic mass is 9.97. The third-order valence-electron chi connectivity index (χ3n) is 5.45. The molecule has 1 aliphatic rings. The second-order valence-electron chi connectivity index (χ2n) is 7.88. The fourth-order valence-corrected chi connectivity index (χ4v) is 5.23. The molecule has 0 spiro atoms. The van der Waals surface area contributed by atoms with Crippen LogP contribution in [0.15, 0.2) is 36.4 Å². The van der Waals surface area contributed by atoms with Gasteiger partial charge in [-0.1, -0.05) is 28.8 Å². The van der Waals surface area contributed by atoms with Gasteiger partial charge in [0.1, 0.15) is 0 Å². The Bertz CT molecular complexity index is 1080. The highest BCUT2D eigenvalue weighted by atomic mass is 35.5. The minimum atomic E-state index is -0.210. The highest BCUT2D eigenvalue weighted by Crippen LogP contribution is 2.34. The van der Waals surface area contributed by atoms with Gasteiger partial charge >= 0.3 is 0 Å². The fourth-order valence-electron chi connectivity index (χ4n) is 3.94. The van der Waals surface area contributed by atoms with E-state index in [0.717, 1.165) is 39.2 Å². The molecular formula is C23H24ClN3O2S. The van der Waals surface area contributed by atoms with Gasteiger partial charge in [-0.3, -0.25) is 9.59 Å². The monoisotopic (exact) mass is 441 g/mol. The zero-order valence-electron chi connectivity index (χ0n) is 17.1. The topological polar surface area (TPSA) is 62.3 Å². The van der Waals surface area contributed by atoms with Crippen molar-refractivity contribution in [3.05, 3.63) is 63.1 Å². The number of piperidine rings is 1. The Morgan fingerprint density at radius 3 is 2.53 bits per heavy atom. The molecule has 30 heavy (non-hydrogen) atoms. The molecule has 0 radical (unpaired) electrons. The molecule has 1 aliphatic heterocycles. The number of aryl methyl sites for hydroxylation is 2. The molecule has 1 fully saturated rings. The Labute approximate surface area is 185 Å². The maximum absolute atomic E-state index is 12.6. The summed E-state index contributed by atoms with van der Waals surface area (Å²) in [4.78, 5) is 31.5. The number of hydrogen-bond donors (Lipinski definition) is 1. The van der Waals surface area contributed by atoms with Gasteiger partial charge < -0.3 is 10.2 Å². The molecule has 2 aromatic carbocycles. The van der Waals surface area contributed by atoms with Crippen LogP contribution in [0.4, 0.5) is 0 Å². The molecule has 0 saturated carbocycles. The first-order valence-corrected chi connectivity index (χ1v) is 11.3. The average Bonchev–Trinajstić information content (AvgIpc) is 3.14. The van der Waals surface area contributed by atoms with Crippen LogP contribution in [-0.2, 0) is 4.79 Å². The number of benzene rings is 2. The first-order chi connectivity index (χ1) is 14.4. The minimum Gasteiger partial charge on any atom is -0.343 e. The van der Waals surface area contributed by atoms with Gasteiger partial charge in [0.25, 0.3) is 5.91 Å². The molecule has 1 N–H and O–H groups in total. The summed E-state index contributed by atoms with van der Waals surface area (Å²) in [5.74, 6) is 0.107. The van der Waals surface area contributed by atoms with E-state index in [0.29, 0.717) is 29.6 Å². The molecule has 2 heterocycles. The van der Waals surface area contributed by atoms with E-state index in [2.05, 4.69) is 5.32 Å². The van der Waals surface area contributed by atoms with Crippen LogP contribution in [0, 0.1) is 13.8 Å². The van der Waals surface area contributed by atoms with Gasteiger partial charge in [0, 0.05) is 29.6 Å². The molecule has 3 aromatic rings. The summed E-state index contributed by atoms with van der Waals surface area (Å²) in [5, 5.41) is 4.57. The Morgan fingerprint density at radius 2 is 1.83 bits per heavy atom. The summed E-state index contributed by atoms with van der Waals surface area (Å²) in [6.07, 6.45) is 1.76. The van der Waals surface area contributed by atoms with E-state index in [-0.39, 0.29) is 18.4 Å². The van der Waals surface area contributed by atoms with E-state index in [1.807, 2.05) is 55.1 Å². The van der Waals surface area contributed by atoms with Gasteiger partial charge in [0.05, 0.1) is 21.8 Å². The molecule has 0 unspecified atom stereocenters. The van der Waals surface area contributed by atoms with Crippen LogP contribution >= 0.6 is 22.9 Å². The zero-order chi connectivity index (χ0) is 21.3. The number of nitrogens with one attached hydrogen (secondary N) is 1. The summed E-state index contributed by atoms with van der Waals surface area (Å²) in [7, 11) is 0. The Morgan fingerprint density at radius 1 is 1.13 bits per heavy atom. The van der Waals surface area contributed by atoms with Crippen molar-refractivity contribution in [2.24, 2.45) is 0 Å². The Hall–Kier alpha value is -2.44.